The van der Waals surface area contributed by atoms with Gasteiger partial charge in [-0.05, 0) is 7.92 Å². The molecule has 0 aromatic carbocycles. The number of rotatable bonds is 1. The number of hydrogen-bond acceptors (Lipinski definition) is 6. The lowest BCUT2D eigenvalue weighted by Crippen LogP contribution is -2.36. The Morgan fingerprint density at radius 2 is 1.94 bits per heavy atom. The third kappa shape index (κ3) is 1.72. The van der Waals surface area contributed by atoms with Gasteiger partial charge >= 0.3 is 11.9 Å². The number of hydrogen-bond donors (Lipinski definition) is 1. The van der Waals surface area contributed by atoms with Crippen LogP contribution in [0.1, 0.15) is 0 Å². The standard InChI is InChI=1S/C10H11O6P/c11-5-1-4-17(10-14-2-3-15-10)7-6(5)8(12)16-9(7)13/h1,4-7,10-11H,2-3H2. The predicted octanol–water partition coefficient (Wildman–Crippen LogP) is -0.245. The van der Waals surface area contributed by atoms with Crippen LogP contribution in [0.5, 0.6) is 0 Å². The Hall–Kier alpha value is -0.810. The highest BCUT2D eigenvalue weighted by Crippen LogP contribution is 2.57. The normalized spacial score (nSPS) is 41.7. The molecule has 0 bridgehead atoms. The molecule has 0 spiro atoms. The van der Waals surface area contributed by atoms with Crippen molar-refractivity contribution in [3.8, 4) is 0 Å². The van der Waals surface area contributed by atoms with E-state index in [0.29, 0.717) is 13.2 Å². The Morgan fingerprint density at radius 3 is 2.65 bits per heavy atom. The van der Waals surface area contributed by atoms with Gasteiger partial charge in [0.15, 0.2) is 6.03 Å². The first-order chi connectivity index (χ1) is 8.18. The van der Waals surface area contributed by atoms with Crippen LogP contribution in [0.2, 0.25) is 0 Å². The molecule has 4 unspecified atom stereocenters. The van der Waals surface area contributed by atoms with Gasteiger partial charge in [0, 0.05) is 0 Å². The van der Waals surface area contributed by atoms with Gasteiger partial charge in [0.25, 0.3) is 0 Å². The van der Waals surface area contributed by atoms with E-state index < -0.39 is 43.6 Å². The molecule has 17 heavy (non-hydrogen) atoms. The Balaban J connectivity index is 1.92. The van der Waals surface area contributed by atoms with Crippen LogP contribution in [-0.2, 0) is 23.8 Å². The van der Waals surface area contributed by atoms with E-state index >= 15 is 0 Å². The first-order valence-corrected chi connectivity index (χ1v) is 6.86. The molecule has 0 radical (unpaired) electrons. The lowest BCUT2D eigenvalue weighted by Gasteiger charge is -2.30. The summed E-state index contributed by atoms with van der Waals surface area (Å²) in [6.07, 6.45) is 0.566. The summed E-state index contributed by atoms with van der Waals surface area (Å²) in [6, 6.07) is -0.473. The van der Waals surface area contributed by atoms with Crippen molar-refractivity contribution in [1.29, 1.82) is 0 Å². The minimum absolute atomic E-state index is 0.473. The van der Waals surface area contributed by atoms with Crippen molar-refractivity contribution >= 4 is 19.9 Å². The van der Waals surface area contributed by atoms with E-state index in [1.807, 2.05) is 0 Å². The molecule has 0 amide bonds. The number of carbonyl (C=O) groups is 2. The van der Waals surface area contributed by atoms with Crippen LogP contribution in [0, 0.1) is 5.92 Å². The van der Waals surface area contributed by atoms with E-state index in [4.69, 9.17) is 9.47 Å². The fourth-order valence-electron chi connectivity index (χ4n) is 2.26. The van der Waals surface area contributed by atoms with Crippen molar-refractivity contribution < 1.29 is 28.9 Å². The number of carbonyl (C=O) groups excluding carboxylic acids is 2. The zero-order chi connectivity index (χ0) is 12.0. The minimum atomic E-state index is -1.09. The first-order valence-electron chi connectivity index (χ1n) is 5.31. The maximum atomic E-state index is 11.6. The summed E-state index contributed by atoms with van der Waals surface area (Å²) in [4.78, 5) is 23.1. The van der Waals surface area contributed by atoms with Crippen molar-refractivity contribution in [3.63, 3.8) is 0 Å². The van der Waals surface area contributed by atoms with E-state index in [9.17, 15) is 14.7 Å². The van der Waals surface area contributed by atoms with Crippen LogP contribution in [0.15, 0.2) is 11.9 Å². The molecule has 7 heteroatoms. The third-order valence-corrected chi connectivity index (χ3v) is 5.52. The molecule has 6 nitrogen and oxygen atoms in total. The van der Waals surface area contributed by atoms with Crippen LogP contribution in [0.4, 0.5) is 0 Å². The minimum Gasteiger partial charge on any atom is -0.392 e. The Morgan fingerprint density at radius 1 is 1.24 bits per heavy atom. The van der Waals surface area contributed by atoms with Gasteiger partial charge in [0.2, 0.25) is 0 Å². The summed E-state index contributed by atoms with van der Waals surface area (Å²) in [5, 5.41) is 9.72. The van der Waals surface area contributed by atoms with Crippen molar-refractivity contribution in [1.82, 2.24) is 0 Å². The number of esters is 2. The maximum absolute atomic E-state index is 11.6. The van der Waals surface area contributed by atoms with Crippen LogP contribution in [0.25, 0.3) is 0 Å². The van der Waals surface area contributed by atoms with E-state index in [2.05, 4.69) is 4.74 Å². The average molecular weight is 258 g/mol. The van der Waals surface area contributed by atoms with Crippen molar-refractivity contribution in [2.75, 3.05) is 13.2 Å². The van der Waals surface area contributed by atoms with Crippen molar-refractivity contribution in [2.24, 2.45) is 5.92 Å². The monoisotopic (exact) mass is 258 g/mol. The topological polar surface area (TPSA) is 82.1 Å². The SMILES string of the molecule is O=C1OC(=O)C2C1C(O)C=CP2C1OCCO1. The Bertz CT molecular complexity index is 388. The van der Waals surface area contributed by atoms with Gasteiger partial charge in [-0.25, -0.2) is 0 Å². The summed E-state index contributed by atoms with van der Waals surface area (Å²) in [6.45, 7) is 0.973. The average Bonchev–Trinajstić information content (AvgIpc) is 2.89. The van der Waals surface area contributed by atoms with Crippen molar-refractivity contribution in [2.45, 2.75) is 17.8 Å². The number of aliphatic hydroxyl groups excluding tert-OH is 1. The Kier molecular flexibility index (Phi) is 2.75. The molecule has 3 rings (SSSR count). The van der Waals surface area contributed by atoms with Gasteiger partial charge in [0.1, 0.15) is 11.6 Å². The molecule has 0 saturated carbocycles. The zero-order valence-corrected chi connectivity index (χ0v) is 9.71. The van der Waals surface area contributed by atoms with Crippen LogP contribution in [-0.4, -0.2) is 48.1 Å². The summed E-state index contributed by atoms with van der Waals surface area (Å²) in [5.41, 5.74) is -0.638. The number of fused-ring (bicyclic) bond motifs is 1. The van der Waals surface area contributed by atoms with E-state index in [0.717, 1.165) is 0 Å². The molecular weight excluding hydrogens is 247 g/mol. The largest absolute Gasteiger partial charge is 0.392 e. The van der Waals surface area contributed by atoms with Crippen LogP contribution in [0.3, 0.4) is 0 Å². The van der Waals surface area contributed by atoms with Gasteiger partial charge < -0.3 is 19.3 Å². The van der Waals surface area contributed by atoms with E-state index in [1.54, 1.807) is 5.82 Å². The van der Waals surface area contributed by atoms with Gasteiger partial charge in [-0.15, -0.1) is 0 Å². The third-order valence-electron chi connectivity index (χ3n) is 3.05. The second-order valence-corrected chi connectivity index (χ2v) is 6.21. The molecular formula is C10H11O6P. The molecule has 4 atom stereocenters. The van der Waals surface area contributed by atoms with E-state index in [1.165, 1.54) is 6.08 Å². The lowest BCUT2D eigenvalue weighted by atomic mass is 10.0. The molecule has 92 valence electrons. The second-order valence-electron chi connectivity index (χ2n) is 4.04. The smallest absolute Gasteiger partial charge is 0.322 e. The molecule has 0 aromatic heterocycles. The van der Waals surface area contributed by atoms with E-state index in [-0.39, 0.29) is 0 Å². The summed E-state index contributed by atoms with van der Waals surface area (Å²) in [7, 11) is -1.09. The number of aliphatic hydroxyl groups is 1. The molecule has 0 aliphatic carbocycles. The molecule has 2 saturated heterocycles. The highest BCUT2D eigenvalue weighted by Gasteiger charge is 2.55. The summed E-state index contributed by atoms with van der Waals surface area (Å²) >= 11 is 0. The van der Waals surface area contributed by atoms with Crippen LogP contribution < -0.4 is 0 Å². The molecule has 3 aliphatic heterocycles. The molecule has 1 N–H and O–H groups in total. The predicted molar refractivity (Wildman–Crippen MR) is 56.1 cm³/mol. The van der Waals surface area contributed by atoms with Gasteiger partial charge in [-0.3, -0.25) is 9.59 Å². The summed E-state index contributed by atoms with van der Waals surface area (Å²) < 4.78 is 15.3. The molecule has 2 fully saturated rings. The first kappa shape index (κ1) is 11.3. The zero-order valence-electron chi connectivity index (χ0n) is 8.81. The van der Waals surface area contributed by atoms with Gasteiger partial charge in [-0.1, -0.05) is 11.9 Å². The number of ether oxygens (including phenoxy) is 3. The van der Waals surface area contributed by atoms with Gasteiger partial charge in [0.05, 0.1) is 19.3 Å². The lowest BCUT2D eigenvalue weighted by molar-refractivity contribution is -0.153. The Labute approximate surface area is 98.3 Å². The fraction of sp³-hybridized carbons (Fsp3) is 0.600. The quantitative estimate of drug-likeness (QED) is 0.397. The highest BCUT2D eigenvalue weighted by atomic mass is 31.1. The summed E-state index contributed by atoms with van der Waals surface area (Å²) in [5.74, 6) is -0.292. The molecule has 0 aromatic rings. The van der Waals surface area contributed by atoms with Crippen molar-refractivity contribution in [3.05, 3.63) is 11.9 Å². The molecule has 3 aliphatic rings. The molecule has 3 heterocycles. The van der Waals surface area contributed by atoms with Crippen LogP contribution >= 0.6 is 7.92 Å². The fourth-order valence-corrected chi connectivity index (χ4v) is 4.74. The maximum Gasteiger partial charge on any atom is 0.322 e. The highest BCUT2D eigenvalue weighted by molar-refractivity contribution is 7.63. The van der Waals surface area contributed by atoms with Gasteiger partial charge in [-0.2, -0.15) is 0 Å². The second kappa shape index (κ2) is 4.14. The number of cyclic esters (lactones) is 2.